The molecule has 0 aromatic rings. The summed E-state index contributed by atoms with van der Waals surface area (Å²) in [6.07, 6.45) is 52.2. The molecule has 0 aliphatic carbocycles. The van der Waals surface area contributed by atoms with Crippen LogP contribution in [-0.2, 0) is 4.79 Å². The highest BCUT2D eigenvalue weighted by molar-refractivity contribution is 5.76. The van der Waals surface area contributed by atoms with Crippen LogP contribution in [0, 0.1) is 0 Å². The van der Waals surface area contributed by atoms with Crippen molar-refractivity contribution in [1.82, 2.24) is 5.32 Å². The molecule has 0 aliphatic rings. The molecule has 0 rings (SSSR count). The van der Waals surface area contributed by atoms with Gasteiger partial charge >= 0.3 is 0 Å². The van der Waals surface area contributed by atoms with Crippen molar-refractivity contribution >= 4 is 5.91 Å². The van der Waals surface area contributed by atoms with Crippen LogP contribution >= 0.6 is 0 Å². The molecule has 0 spiro atoms. The van der Waals surface area contributed by atoms with Gasteiger partial charge in [0.05, 0.1) is 18.8 Å². The summed E-state index contributed by atoms with van der Waals surface area (Å²) < 4.78 is 0. The van der Waals surface area contributed by atoms with Crippen molar-refractivity contribution in [1.29, 1.82) is 0 Å². The highest BCUT2D eigenvalue weighted by Crippen LogP contribution is 2.14. The van der Waals surface area contributed by atoms with Gasteiger partial charge in [-0.3, -0.25) is 4.79 Å². The first-order valence-electron chi connectivity index (χ1n) is 20.4. The lowest BCUT2D eigenvalue weighted by Gasteiger charge is -2.19. The lowest BCUT2D eigenvalue weighted by atomic mass is 10.0. The molecule has 0 aliphatic heterocycles. The summed E-state index contributed by atoms with van der Waals surface area (Å²) >= 11 is 0. The van der Waals surface area contributed by atoms with E-state index in [1.165, 1.54) is 128 Å². The van der Waals surface area contributed by atoms with E-state index in [9.17, 15) is 15.0 Å². The molecule has 0 heterocycles. The second kappa shape index (κ2) is 38.8. The number of unbranched alkanes of at least 4 members (excludes halogenated alkanes) is 23. The Labute approximate surface area is 293 Å². The highest BCUT2D eigenvalue weighted by atomic mass is 16.3. The Kier molecular flexibility index (Phi) is 37.4. The first kappa shape index (κ1) is 45.3. The van der Waals surface area contributed by atoms with Crippen LogP contribution in [0.5, 0.6) is 0 Å². The van der Waals surface area contributed by atoms with Gasteiger partial charge in [-0.1, -0.05) is 178 Å². The molecular weight excluding hydrogens is 578 g/mol. The molecule has 0 aromatic heterocycles. The summed E-state index contributed by atoms with van der Waals surface area (Å²) in [6.45, 7) is 4.24. The fourth-order valence-corrected chi connectivity index (χ4v) is 5.84. The number of hydrogen-bond donors (Lipinski definition) is 3. The predicted octanol–water partition coefficient (Wildman–Crippen LogP) is 12.4. The van der Waals surface area contributed by atoms with Gasteiger partial charge in [-0.15, -0.1) is 0 Å². The minimum Gasteiger partial charge on any atom is -0.394 e. The van der Waals surface area contributed by atoms with Gasteiger partial charge in [-0.05, 0) is 64.2 Å². The van der Waals surface area contributed by atoms with Gasteiger partial charge in [0.15, 0.2) is 0 Å². The molecule has 4 heteroatoms. The number of aliphatic hydroxyl groups excluding tert-OH is 2. The Morgan fingerprint density at radius 3 is 1.30 bits per heavy atom. The molecule has 2 atom stereocenters. The monoisotopic (exact) mass is 658 g/mol. The predicted molar refractivity (Wildman–Crippen MR) is 207 cm³/mol. The fraction of sp³-hybridized carbons (Fsp3) is 0.791. The smallest absolute Gasteiger partial charge is 0.220 e. The largest absolute Gasteiger partial charge is 0.394 e. The molecule has 3 N–H and O–H groups in total. The SMILES string of the molecule is CCCC/C=C\CCCCCCCC(=O)NC(CO)C(O)/C=C/CC/C=C/CC/C=C/CCCCCCCCCCCCCCCC. The lowest BCUT2D eigenvalue weighted by Crippen LogP contribution is -2.45. The van der Waals surface area contributed by atoms with Crippen molar-refractivity contribution < 1.29 is 15.0 Å². The van der Waals surface area contributed by atoms with Gasteiger partial charge in [-0.2, -0.15) is 0 Å². The Bertz CT molecular complexity index is 756. The van der Waals surface area contributed by atoms with E-state index in [2.05, 4.69) is 55.6 Å². The van der Waals surface area contributed by atoms with Crippen molar-refractivity contribution in [3.63, 3.8) is 0 Å². The quantitative estimate of drug-likeness (QED) is 0.0464. The van der Waals surface area contributed by atoms with Crippen LogP contribution in [0.15, 0.2) is 48.6 Å². The van der Waals surface area contributed by atoms with Gasteiger partial charge in [-0.25, -0.2) is 0 Å². The van der Waals surface area contributed by atoms with E-state index in [0.29, 0.717) is 6.42 Å². The standard InChI is InChI=1S/C43H79NO3/c1-3-5-7-9-11-13-15-16-17-18-19-20-21-22-23-24-25-26-27-29-30-32-34-36-38-42(46)41(40-45)44-43(47)39-37-35-33-31-28-14-12-10-8-6-4-2/h10,12,24-25,29-30,36,38,41-42,45-46H,3-9,11,13-23,26-28,31-35,37,39-40H2,1-2H3,(H,44,47)/b12-10-,25-24+,30-29+,38-36+. The summed E-state index contributed by atoms with van der Waals surface area (Å²) in [5.74, 6) is -0.0908. The van der Waals surface area contributed by atoms with Gasteiger partial charge in [0.1, 0.15) is 0 Å². The van der Waals surface area contributed by atoms with Crippen LogP contribution in [0.25, 0.3) is 0 Å². The molecule has 0 aromatic carbocycles. The number of aliphatic hydroxyl groups is 2. The molecular formula is C43H79NO3. The lowest BCUT2D eigenvalue weighted by molar-refractivity contribution is -0.123. The molecule has 0 radical (unpaired) electrons. The maximum atomic E-state index is 12.3. The van der Waals surface area contributed by atoms with E-state index in [-0.39, 0.29) is 12.5 Å². The second-order valence-corrected chi connectivity index (χ2v) is 13.7. The number of carbonyl (C=O) groups is 1. The van der Waals surface area contributed by atoms with E-state index in [1.54, 1.807) is 6.08 Å². The van der Waals surface area contributed by atoms with Crippen molar-refractivity contribution in [3.8, 4) is 0 Å². The summed E-state index contributed by atoms with van der Waals surface area (Å²) in [7, 11) is 0. The van der Waals surface area contributed by atoms with Crippen LogP contribution in [0.1, 0.15) is 200 Å². The third kappa shape index (κ3) is 35.5. The maximum Gasteiger partial charge on any atom is 0.220 e. The fourth-order valence-electron chi connectivity index (χ4n) is 5.84. The van der Waals surface area contributed by atoms with Crippen molar-refractivity contribution in [2.75, 3.05) is 6.61 Å². The first-order chi connectivity index (χ1) is 23.2. The molecule has 0 fully saturated rings. The summed E-state index contributed by atoms with van der Waals surface area (Å²) in [6, 6.07) is -0.648. The Morgan fingerprint density at radius 2 is 0.851 bits per heavy atom. The summed E-state index contributed by atoms with van der Waals surface area (Å²) in [4.78, 5) is 12.3. The van der Waals surface area contributed by atoms with E-state index in [4.69, 9.17) is 0 Å². The zero-order chi connectivity index (χ0) is 34.3. The molecule has 0 saturated carbocycles. The molecule has 47 heavy (non-hydrogen) atoms. The van der Waals surface area contributed by atoms with Crippen molar-refractivity contribution in [2.45, 2.75) is 212 Å². The number of amides is 1. The molecule has 2 unspecified atom stereocenters. The topological polar surface area (TPSA) is 69.6 Å². The van der Waals surface area contributed by atoms with Crippen LogP contribution in [0.3, 0.4) is 0 Å². The van der Waals surface area contributed by atoms with Gasteiger partial charge in [0.25, 0.3) is 0 Å². The third-order valence-corrected chi connectivity index (χ3v) is 9.01. The Hall–Kier alpha value is -1.65. The molecule has 1 amide bonds. The maximum absolute atomic E-state index is 12.3. The number of hydrogen-bond acceptors (Lipinski definition) is 3. The highest BCUT2D eigenvalue weighted by Gasteiger charge is 2.17. The van der Waals surface area contributed by atoms with E-state index in [0.717, 1.165) is 51.4 Å². The Balaban J connectivity index is 3.65. The average Bonchev–Trinajstić information content (AvgIpc) is 3.07. The number of nitrogens with one attached hydrogen (secondary N) is 1. The van der Waals surface area contributed by atoms with E-state index in [1.807, 2.05) is 6.08 Å². The summed E-state index contributed by atoms with van der Waals surface area (Å²) in [5, 5.41) is 22.9. The first-order valence-corrected chi connectivity index (χ1v) is 20.4. The molecule has 274 valence electrons. The zero-order valence-electron chi connectivity index (χ0n) is 31.3. The Morgan fingerprint density at radius 1 is 0.489 bits per heavy atom. The van der Waals surface area contributed by atoms with Crippen molar-refractivity contribution in [3.05, 3.63) is 48.6 Å². The number of allylic oxidation sites excluding steroid dienone is 7. The number of carbonyl (C=O) groups excluding carboxylic acids is 1. The average molecular weight is 658 g/mol. The molecule has 4 nitrogen and oxygen atoms in total. The minimum absolute atomic E-state index is 0.0908. The minimum atomic E-state index is -0.872. The second-order valence-electron chi connectivity index (χ2n) is 13.7. The summed E-state index contributed by atoms with van der Waals surface area (Å²) in [5.41, 5.74) is 0. The van der Waals surface area contributed by atoms with Gasteiger partial charge in [0, 0.05) is 6.42 Å². The third-order valence-electron chi connectivity index (χ3n) is 9.01. The van der Waals surface area contributed by atoms with E-state index < -0.39 is 12.1 Å². The van der Waals surface area contributed by atoms with Crippen molar-refractivity contribution in [2.24, 2.45) is 0 Å². The molecule has 0 bridgehead atoms. The van der Waals surface area contributed by atoms with Crippen LogP contribution in [0.2, 0.25) is 0 Å². The van der Waals surface area contributed by atoms with Gasteiger partial charge in [0.2, 0.25) is 5.91 Å². The zero-order valence-corrected chi connectivity index (χ0v) is 31.3. The van der Waals surface area contributed by atoms with Crippen LogP contribution in [-0.4, -0.2) is 34.9 Å². The van der Waals surface area contributed by atoms with Crippen LogP contribution < -0.4 is 5.32 Å². The van der Waals surface area contributed by atoms with E-state index >= 15 is 0 Å². The molecule has 0 saturated heterocycles. The normalized spacial score (nSPS) is 13.5. The number of rotatable bonds is 36. The van der Waals surface area contributed by atoms with Crippen LogP contribution in [0.4, 0.5) is 0 Å². The van der Waals surface area contributed by atoms with Gasteiger partial charge < -0.3 is 15.5 Å².